The Hall–Kier alpha value is -3.26. The van der Waals surface area contributed by atoms with E-state index in [1.54, 1.807) is 24.3 Å². The minimum Gasteiger partial charge on any atom is -0.488 e. The van der Waals surface area contributed by atoms with E-state index in [0.29, 0.717) is 12.0 Å². The third kappa shape index (κ3) is 4.96. The third-order valence-electron chi connectivity index (χ3n) is 5.29. The van der Waals surface area contributed by atoms with Crippen molar-refractivity contribution in [2.45, 2.75) is 23.8 Å². The number of halogens is 2. The van der Waals surface area contributed by atoms with E-state index in [2.05, 4.69) is 5.32 Å². The van der Waals surface area contributed by atoms with E-state index >= 15 is 0 Å². The van der Waals surface area contributed by atoms with E-state index in [1.165, 1.54) is 12.3 Å². The molecule has 166 valence electrons. The summed E-state index contributed by atoms with van der Waals surface area (Å²) in [7, 11) is -3.25. The zero-order valence-electron chi connectivity index (χ0n) is 17.3. The van der Waals surface area contributed by atoms with Crippen LogP contribution in [0.3, 0.4) is 0 Å². The molecule has 8 heteroatoms. The smallest absolute Gasteiger partial charge is 0.224 e. The summed E-state index contributed by atoms with van der Waals surface area (Å²) in [6.07, 6.45) is 1.49. The Morgan fingerprint density at radius 2 is 1.72 bits per heavy atom. The first-order valence-electron chi connectivity index (χ1n) is 10.00. The maximum absolute atomic E-state index is 13.3. The molecule has 1 aliphatic heterocycles. The summed E-state index contributed by atoms with van der Waals surface area (Å²) in [4.78, 5) is 12.4. The molecule has 1 atom stereocenters. The number of ether oxygens (including phenoxy) is 1. The van der Waals surface area contributed by atoms with Gasteiger partial charge in [-0.25, -0.2) is 17.2 Å². The highest BCUT2D eigenvalue weighted by molar-refractivity contribution is 7.90. The van der Waals surface area contributed by atoms with Crippen LogP contribution in [0.15, 0.2) is 65.6 Å². The first kappa shape index (κ1) is 22.0. The van der Waals surface area contributed by atoms with E-state index in [-0.39, 0.29) is 29.9 Å². The lowest BCUT2D eigenvalue weighted by molar-refractivity contribution is -0.120. The molecule has 0 aromatic heterocycles. The van der Waals surface area contributed by atoms with Gasteiger partial charge >= 0.3 is 0 Å². The first-order chi connectivity index (χ1) is 15.2. The van der Waals surface area contributed by atoms with Gasteiger partial charge in [0.05, 0.1) is 17.9 Å². The van der Waals surface area contributed by atoms with E-state index in [1.807, 2.05) is 18.2 Å². The Morgan fingerprint density at radius 3 is 2.41 bits per heavy atom. The molecule has 0 aliphatic carbocycles. The molecule has 0 saturated carbocycles. The second-order valence-electron chi connectivity index (χ2n) is 7.79. The van der Waals surface area contributed by atoms with Gasteiger partial charge < -0.3 is 10.1 Å². The summed E-state index contributed by atoms with van der Waals surface area (Å²) in [6.45, 7) is 0.287. The van der Waals surface area contributed by atoms with Gasteiger partial charge in [-0.3, -0.25) is 4.79 Å². The van der Waals surface area contributed by atoms with Gasteiger partial charge in [-0.15, -0.1) is 0 Å². The van der Waals surface area contributed by atoms with Gasteiger partial charge in [0, 0.05) is 12.7 Å². The highest BCUT2D eigenvalue weighted by atomic mass is 32.2. The topological polar surface area (TPSA) is 72.5 Å². The first-order valence-corrected chi connectivity index (χ1v) is 11.9. The average molecular weight is 457 g/mol. The number of sulfone groups is 1. The quantitative estimate of drug-likeness (QED) is 0.613. The van der Waals surface area contributed by atoms with Crippen LogP contribution in [-0.2, 0) is 27.5 Å². The number of hydrogen-bond acceptors (Lipinski definition) is 4. The summed E-state index contributed by atoms with van der Waals surface area (Å²) in [5, 5.41) is 2.77. The van der Waals surface area contributed by atoms with Gasteiger partial charge in [0.2, 0.25) is 5.91 Å². The normalized spacial score (nSPS) is 15.2. The number of carbonyl (C=O) groups is 1. The van der Waals surface area contributed by atoms with Crippen molar-refractivity contribution < 1.29 is 26.7 Å². The van der Waals surface area contributed by atoms with Gasteiger partial charge in [-0.05, 0) is 58.7 Å². The lowest BCUT2D eigenvalue weighted by atomic mass is 10.0. The second-order valence-corrected chi connectivity index (χ2v) is 9.81. The predicted octanol–water partition coefficient (Wildman–Crippen LogP) is 3.70. The maximum atomic E-state index is 13.3. The molecule has 1 heterocycles. The van der Waals surface area contributed by atoms with Crippen LogP contribution >= 0.6 is 0 Å². The van der Waals surface area contributed by atoms with Gasteiger partial charge in [0.1, 0.15) is 11.9 Å². The largest absolute Gasteiger partial charge is 0.488 e. The summed E-state index contributed by atoms with van der Waals surface area (Å²) in [6, 6.07) is 15.9. The number of amides is 1. The van der Waals surface area contributed by atoms with Crippen molar-refractivity contribution in [3.05, 3.63) is 83.4 Å². The summed E-state index contributed by atoms with van der Waals surface area (Å²) >= 11 is 0. The second kappa shape index (κ2) is 8.70. The van der Waals surface area contributed by atoms with Crippen molar-refractivity contribution in [1.82, 2.24) is 5.32 Å². The average Bonchev–Trinajstić information content (AvgIpc) is 3.16. The van der Waals surface area contributed by atoms with Crippen molar-refractivity contribution >= 4 is 15.7 Å². The lowest BCUT2D eigenvalue weighted by Gasteiger charge is -2.12. The molecule has 4 rings (SSSR count). The van der Waals surface area contributed by atoms with Crippen LogP contribution in [0.4, 0.5) is 8.78 Å². The SMILES string of the molecule is CS(=O)(=O)c1ccc(-c2ccc3c(c2)C[C@@H](CNC(=O)Cc2ccc(F)c(F)c2)O3)cc1. The minimum atomic E-state index is -3.25. The number of carbonyl (C=O) groups excluding carboxylic acids is 1. The zero-order chi connectivity index (χ0) is 22.9. The van der Waals surface area contributed by atoms with E-state index in [0.717, 1.165) is 34.6 Å². The molecule has 0 saturated heterocycles. The minimum absolute atomic E-state index is 0.0511. The predicted molar refractivity (Wildman–Crippen MR) is 116 cm³/mol. The highest BCUT2D eigenvalue weighted by Gasteiger charge is 2.24. The molecule has 1 N–H and O–H groups in total. The number of rotatable bonds is 6. The molecule has 1 aliphatic rings. The Morgan fingerprint density at radius 1 is 1.00 bits per heavy atom. The standard InChI is InChI=1S/C24H21F2NO4S/c1-32(29,30)20-6-3-16(4-7-20)17-5-9-23-18(12-17)13-19(31-23)14-27-24(28)11-15-2-8-21(25)22(26)10-15/h2-10,12,19H,11,13-14H2,1H3,(H,27,28)/t19-/m0/s1. The Kier molecular flexibility index (Phi) is 5.97. The molecule has 0 radical (unpaired) electrons. The summed E-state index contributed by atoms with van der Waals surface area (Å²) < 4.78 is 55.4. The van der Waals surface area contributed by atoms with Crippen LogP contribution in [0.25, 0.3) is 11.1 Å². The number of benzene rings is 3. The molecule has 0 fully saturated rings. The van der Waals surface area contributed by atoms with Crippen molar-refractivity contribution in [3.8, 4) is 16.9 Å². The zero-order valence-corrected chi connectivity index (χ0v) is 18.1. The van der Waals surface area contributed by atoms with Crippen LogP contribution in [0.2, 0.25) is 0 Å². The van der Waals surface area contributed by atoms with Crippen LogP contribution in [0.1, 0.15) is 11.1 Å². The molecule has 3 aromatic carbocycles. The summed E-state index contributed by atoms with van der Waals surface area (Å²) in [5.74, 6) is -1.49. The Labute approximate surface area is 185 Å². The maximum Gasteiger partial charge on any atom is 0.224 e. The monoisotopic (exact) mass is 457 g/mol. The van der Waals surface area contributed by atoms with Crippen molar-refractivity contribution in [2.75, 3.05) is 12.8 Å². The fraction of sp³-hybridized carbons (Fsp3) is 0.208. The van der Waals surface area contributed by atoms with Crippen LogP contribution in [-0.4, -0.2) is 33.2 Å². The van der Waals surface area contributed by atoms with E-state index < -0.39 is 21.5 Å². The molecule has 0 spiro atoms. The van der Waals surface area contributed by atoms with Gasteiger partial charge in [-0.2, -0.15) is 0 Å². The molecular formula is C24H21F2NO4S. The van der Waals surface area contributed by atoms with Crippen molar-refractivity contribution in [2.24, 2.45) is 0 Å². The van der Waals surface area contributed by atoms with E-state index in [4.69, 9.17) is 4.74 Å². The van der Waals surface area contributed by atoms with Crippen LogP contribution in [0.5, 0.6) is 5.75 Å². The molecule has 3 aromatic rings. The fourth-order valence-electron chi connectivity index (χ4n) is 3.63. The van der Waals surface area contributed by atoms with Gasteiger partial charge in [0.15, 0.2) is 21.5 Å². The lowest BCUT2D eigenvalue weighted by Crippen LogP contribution is -2.35. The Bertz CT molecular complexity index is 1270. The van der Waals surface area contributed by atoms with Crippen LogP contribution < -0.4 is 10.1 Å². The molecule has 5 nitrogen and oxygen atoms in total. The number of fused-ring (bicyclic) bond motifs is 1. The summed E-state index contributed by atoms with van der Waals surface area (Å²) in [5.41, 5.74) is 3.22. The molecule has 0 unspecified atom stereocenters. The fourth-order valence-corrected chi connectivity index (χ4v) is 4.26. The third-order valence-corrected chi connectivity index (χ3v) is 6.42. The van der Waals surface area contributed by atoms with Gasteiger partial charge in [-0.1, -0.05) is 24.3 Å². The molecular weight excluding hydrogens is 436 g/mol. The molecule has 32 heavy (non-hydrogen) atoms. The highest BCUT2D eigenvalue weighted by Crippen LogP contribution is 2.33. The van der Waals surface area contributed by atoms with Crippen molar-refractivity contribution in [1.29, 1.82) is 0 Å². The van der Waals surface area contributed by atoms with Crippen molar-refractivity contribution in [3.63, 3.8) is 0 Å². The number of hydrogen-bond donors (Lipinski definition) is 1. The number of nitrogens with one attached hydrogen (secondary N) is 1. The molecule has 1 amide bonds. The van der Waals surface area contributed by atoms with Gasteiger partial charge in [0.25, 0.3) is 0 Å². The Balaban J connectivity index is 1.36. The van der Waals surface area contributed by atoms with Crippen LogP contribution in [0, 0.1) is 11.6 Å². The van der Waals surface area contributed by atoms with E-state index in [9.17, 15) is 22.0 Å². The molecule has 0 bridgehead atoms.